The highest BCUT2D eigenvalue weighted by molar-refractivity contribution is 5.54. The van der Waals surface area contributed by atoms with Gasteiger partial charge in [-0.05, 0) is 36.6 Å². The molecule has 0 aliphatic carbocycles. The van der Waals surface area contributed by atoms with Gasteiger partial charge in [-0.15, -0.1) is 0 Å². The van der Waals surface area contributed by atoms with Crippen LogP contribution in [0.5, 0.6) is 0 Å². The Bertz CT molecular complexity index is 376. The van der Waals surface area contributed by atoms with Crippen molar-refractivity contribution in [3.63, 3.8) is 0 Å². The van der Waals surface area contributed by atoms with Crippen LogP contribution in [0.25, 0.3) is 0 Å². The molecule has 72 valence electrons. The molecule has 0 bridgehead atoms. The number of aryl methyl sites for hydroxylation is 1. The van der Waals surface area contributed by atoms with Crippen molar-refractivity contribution in [1.29, 1.82) is 5.26 Å². The van der Waals surface area contributed by atoms with Crippen LogP contribution in [0.3, 0.4) is 0 Å². The highest BCUT2D eigenvalue weighted by Gasteiger charge is 2.04. The summed E-state index contributed by atoms with van der Waals surface area (Å²) in [6.45, 7) is 3.86. The zero-order chi connectivity index (χ0) is 10.6. The topological polar surface area (TPSA) is 40.9 Å². The Kier molecular flexibility index (Phi) is 3.41. The molecule has 1 rings (SSSR count). The Morgan fingerprint density at radius 1 is 1.57 bits per heavy atom. The van der Waals surface area contributed by atoms with Crippen molar-refractivity contribution in [3.05, 3.63) is 34.9 Å². The van der Waals surface area contributed by atoms with E-state index in [0.29, 0.717) is 5.56 Å². The van der Waals surface area contributed by atoms with Gasteiger partial charge in [0.15, 0.2) is 0 Å². The van der Waals surface area contributed by atoms with Gasteiger partial charge in [-0.25, -0.2) is 0 Å². The van der Waals surface area contributed by atoms with Gasteiger partial charge >= 0.3 is 0 Å². The van der Waals surface area contributed by atoms with Crippen LogP contribution in [0.15, 0.2) is 18.2 Å². The van der Waals surface area contributed by atoms with Crippen LogP contribution in [0, 0.1) is 24.2 Å². The SMILES string of the molecule is Cc1cc(C#N)ccc1CC(C)C=O. The summed E-state index contributed by atoms with van der Waals surface area (Å²) in [7, 11) is 0. The number of hydrogen-bond donors (Lipinski definition) is 0. The minimum Gasteiger partial charge on any atom is -0.303 e. The van der Waals surface area contributed by atoms with Crippen molar-refractivity contribution in [3.8, 4) is 6.07 Å². The summed E-state index contributed by atoms with van der Waals surface area (Å²) in [5.74, 6) is 0.0432. The maximum absolute atomic E-state index is 10.5. The van der Waals surface area contributed by atoms with Crippen molar-refractivity contribution in [2.45, 2.75) is 20.3 Å². The first-order chi connectivity index (χ1) is 6.67. The molecular weight excluding hydrogens is 174 g/mol. The van der Waals surface area contributed by atoms with Crippen LogP contribution in [0.2, 0.25) is 0 Å². The van der Waals surface area contributed by atoms with Gasteiger partial charge < -0.3 is 4.79 Å². The molecule has 0 aromatic heterocycles. The quantitative estimate of drug-likeness (QED) is 0.681. The van der Waals surface area contributed by atoms with Crippen LogP contribution >= 0.6 is 0 Å². The van der Waals surface area contributed by atoms with E-state index in [1.165, 1.54) is 0 Å². The number of rotatable bonds is 3. The minimum absolute atomic E-state index is 0.0432. The molecule has 0 heterocycles. The van der Waals surface area contributed by atoms with Gasteiger partial charge in [-0.3, -0.25) is 0 Å². The number of carbonyl (C=O) groups is 1. The van der Waals surface area contributed by atoms with Crippen molar-refractivity contribution >= 4 is 6.29 Å². The molecule has 0 saturated heterocycles. The van der Waals surface area contributed by atoms with E-state index in [1.807, 2.05) is 26.0 Å². The van der Waals surface area contributed by atoms with Crippen molar-refractivity contribution in [2.24, 2.45) is 5.92 Å². The Morgan fingerprint density at radius 3 is 2.79 bits per heavy atom. The largest absolute Gasteiger partial charge is 0.303 e. The van der Waals surface area contributed by atoms with E-state index in [-0.39, 0.29) is 5.92 Å². The molecule has 0 spiro atoms. The predicted octanol–water partition coefficient (Wildman–Crippen LogP) is 2.24. The summed E-state index contributed by atoms with van der Waals surface area (Å²) in [5, 5.41) is 8.67. The Labute approximate surface area is 84.2 Å². The summed E-state index contributed by atoms with van der Waals surface area (Å²) < 4.78 is 0. The number of aldehydes is 1. The van der Waals surface area contributed by atoms with Crippen molar-refractivity contribution in [1.82, 2.24) is 0 Å². The normalized spacial score (nSPS) is 11.8. The fourth-order valence-corrected chi connectivity index (χ4v) is 1.39. The summed E-state index contributed by atoms with van der Waals surface area (Å²) in [6.07, 6.45) is 1.71. The Hall–Kier alpha value is -1.62. The second kappa shape index (κ2) is 4.57. The first-order valence-corrected chi connectivity index (χ1v) is 4.62. The minimum atomic E-state index is 0.0432. The smallest absolute Gasteiger partial charge is 0.123 e. The van der Waals surface area contributed by atoms with E-state index >= 15 is 0 Å². The summed E-state index contributed by atoms with van der Waals surface area (Å²) in [5.41, 5.74) is 2.89. The molecule has 1 aromatic carbocycles. The lowest BCUT2D eigenvalue weighted by atomic mass is 9.97. The molecule has 0 aliphatic heterocycles. The molecule has 0 aliphatic rings. The maximum atomic E-state index is 10.5. The average molecular weight is 187 g/mol. The molecule has 0 N–H and O–H groups in total. The van der Waals surface area contributed by atoms with Gasteiger partial charge in [0.2, 0.25) is 0 Å². The van der Waals surface area contributed by atoms with Gasteiger partial charge in [-0.2, -0.15) is 5.26 Å². The molecule has 1 unspecified atom stereocenters. The fourth-order valence-electron chi connectivity index (χ4n) is 1.39. The Balaban J connectivity index is 2.90. The second-order valence-electron chi connectivity index (χ2n) is 3.57. The second-order valence-corrected chi connectivity index (χ2v) is 3.57. The number of nitrogens with zero attached hydrogens (tertiary/aromatic N) is 1. The third-order valence-corrected chi connectivity index (χ3v) is 2.25. The molecule has 2 nitrogen and oxygen atoms in total. The van der Waals surface area contributed by atoms with Crippen LogP contribution in [-0.2, 0) is 11.2 Å². The van der Waals surface area contributed by atoms with E-state index in [9.17, 15) is 4.79 Å². The van der Waals surface area contributed by atoms with Gasteiger partial charge in [-0.1, -0.05) is 13.0 Å². The lowest BCUT2D eigenvalue weighted by Crippen LogP contribution is -2.02. The Morgan fingerprint density at radius 2 is 2.29 bits per heavy atom. The molecular formula is C12H13NO. The van der Waals surface area contributed by atoms with Gasteiger partial charge in [0, 0.05) is 5.92 Å². The predicted molar refractivity (Wildman–Crippen MR) is 54.8 cm³/mol. The molecule has 1 atom stereocenters. The van der Waals surface area contributed by atoms with Crippen molar-refractivity contribution in [2.75, 3.05) is 0 Å². The molecule has 0 fully saturated rings. The van der Waals surface area contributed by atoms with Crippen LogP contribution < -0.4 is 0 Å². The molecule has 14 heavy (non-hydrogen) atoms. The maximum Gasteiger partial charge on any atom is 0.123 e. The van der Waals surface area contributed by atoms with E-state index < -0.39 is 0 Å². The van der Waals surface area contributed by atoms with Crippen LogP contribution in [0.1, 0.15) is 23.6 Å². The highest BCUT2D eigenvalue weighted by atomic mass is 16.1. The number of nitriles is 1. The van der Waals surface area contributed by atoms with E-state index in [2.05, 4.69) is 6.07 Å². The fraction of sp³-hybridized carbons (Fsp3) is 0.333. The lowest BCUT2D eigenvalue weighted by molar-refractivity contribution is -0.110. The van der Waals surface area contributed by atoms with Crippen LogP contribution in [-0.4, -0.2) is 6.29 Å². The zero-order valence-electron chi connectivity index (χ0n) is 8.45. The molecule has 2 heteroatoms. The third kappa shape index (κ3) is 2.43. The number of benzene rings is 1. The van der Waals surface area contributed by atoms with Crippen LogP contribution in [0.4, 0.5) is 0 Å². The molecule has 0 radical (unpaired) electrons. The lowest BCUT2D eigenvalue weighted by Gasteiger charge is -2.07. The summed E-state index contributed by atoms with van der Waals surface area (Å²) >= 11 is 0. The summed E-state index contributed by atoms with van der Waals surface area (Å²) in [4.78, 5) is 10.5. The van der Waals surface area contributed by atoms with Crippen molar-refractivity contribution < 1.29 is 4.79 Å². The van der Waals surface area contributed by atoms with E-state index in [1.54, 1.807) is 6.07 Å². The highest BCUT2D eigenvalue weighted by Crippen LogP contribution is 2.14. The van der Waals surface area contributed by atoms with Gasteiger partial charge in [0.05, 0.1) is 11.6 Å². The first-order valence-electron chi connectivity index (χ1n) is 4.62. The third-order valence-electron chi connectivity index (χ3n) is 2.25. The monoisotopic (exact) mass is 187 g/mol. The molecule has 0 saturated carbocycles. The van der Waals surface area contributed by atoms with Gasteiger partial charge in [0.1, 0.15) is 6.29 Å². The standard InChI is InChI=1S/C12H13NO/c1-9(8-14)5-12-4-3-11(7-13)6-10(12)2/h3-4,6,8-9H,5H2,1-2H3. The zero-order valence-corrected chi connectivity index (χ0v) is 8.45. The number of carbonyl (C=O) groups excluding carboxylic acids is 1. The first kappa shape index (κ1) is 10.5. The van der Waals surface area contributed by atoms with Gasteiger partial charge in [0.25, 0.3) is 0 Å². The summed E-state index contributed by atoms with van der Waals surface area (Å²) in [6, 6.07) is 7.66. The number of hydrogen-bond acceptors (Lipinski definition) is 2. The average Bonchev–Trinajstić information content (AvgIpc) is 2.20. The molecule has 0 amide bonds. The molecule has 1 aromatic rings. The van der Waals surface area contributed by atoms with E-state index in [4.69, 9.17) is 5.26 Å². The van der Waals surface area contributed by atoms with E-state index in [0.717, 1.165) is 23.8 Å².